The Morgan fingerprint density at radius 1 is 1.19 bits per heavy atom. The van der Waals surface area contributed by atoms with Gasteiger partial charge >= 0.3 is 0 Å². The first-order valence-corrected chi connectivity index (χ1v) is 9.59. The number of likely N-dealkylation sites (tertiary alicyclic amines) is 1. The molecule has 0 N–H and O–H groups in total. The van der Waals surface area contributed by atoms with Crippen molar-refractivity contribution in [2.45, 2.75) is 38.5 Å². The highest BCUT2D eigenvalue weighted by Gasteiger charge is 2.26. The lowest BCUT2D eigenvalue weighted by atomic mass is 9.91. The van der Waals surface area contributed by atoms with Gasteiger partial charge in [0, 0.05) is 37.8 Å². The molecule has 3 heterocycles. The molecule has 1 aromatic carbocycles. The quantitative estimate of drug-likeness (QED) is 0.691. The van der Waals surface area contributed by atoms with Crippen molar-refractivity contribution in [3.05, 3.63) is 71.4 Å². The lowest BCUT2D eigenvalue weighted by Crippen LogP contribution is -2.36. The largest absolute Gasteiger partial charge is 0.343 e. The number of carbonyl (C=O) groups is 1. The summed E-state index contributed by atoms with van der Waals surface area (Å²) < 4.78 is 15.9. The number of hydrogen-bond donors (Lipinski definition) is 0. The van der Waals surface area contributed by atoms with Crippen LogP contribution in [0.2, 0.25) is 0 Å². The van der Waals surface area contributed by atoms with E-state index < -0.39 is 0 Å². The van der Waals surface area contributed by atoms with E-state index in [1.165, 1.54) is 18.6 Å². The summed E-state index contributed by atoms with van der Waals surface area (Å²) in [7, 11) is 0. The van der Waals surface area contributed by atoms with E-state index in [0.717, 1.165) is 48.4 Å². The second kappa shape index (κ2) is 7.51. The molecular weight excluding hydrogens is 341 g/mol. The lowest BCUT2D eigenvalue weighted by Gasteiger charge is -2.28. The van der Waals surface area contributed by atoms with Crippen LogP contribution in [0.3, 0.4) is 0 Å². The summed E-state index contributed by atoms with van der Waals surface area (Å²) in [4.78, 5) is 19.5. The first-order chi connectivity index (χ1) is 13.1. The van der Waals surface area contributed by atoms with Gasteiger partial charge in [-0.05, 0) is 55.5 Å². The van der Waals surface area contributed by atoms with Crippen LogP contribution in [-0.4, -0.2) is 33.3 Å². The van der Waals surface area contributed by atoms with Crippen LogP contribution in [0, 0.1) is 12.7 Å². The van der Waals surface area contributed by atoms with Gasteiger partial charge in [-0.25, -0.2) is 9.37 Å². The van der Waals surface area contributed by atoms with Crippen LogP contribution in [0.15, 0.2) is 48.8 Å². The number of rotatable bonds is 4. The number of benzene rings is 1. The molecule has 5 heteroatoms. The third-order valence-corrected chi connectivity index (χ3v) is 5.46. The molecule has 4 rings (SSSR count). The molecule has 0 spiro atoms. The zero-order valence-corrected chi connectivity index (χ0v) is 15.6. The second-order valence-electron chi connectivity index (χ2n) is 7.32. The van der Waals surface area contributed by atoms with Crippen molar-refractivity contribution in [2.75, 3.05) is 13.1 Å². The van der Waals surface area contributed by atoms with Gasteiger partial charge in [-0.1, -0.05) is 18.2 Å². The average molecular weight is 365 g/mol. The first-order valence-electron chi connectivity index (χ1n) is 9.59. The van der Waals surface area contributed by atoms with Crippen molar-refractivity contribution in [3.63, 3.8) is 0 Å². The zero-order valence-electron chi connectivity index (χ0n) is 15.6. The Morgan fingerprint density at radius 3 is 2.78 bits per heavy atom. The van der Waals surface area contributed by atoms with Gasteiger partial charge in [-0.15, -0.1) is 0 Å². The fourth-order valence-corrected chi connectivity index (χ4v) is 3.99. The summed E-state index contributed by atoms with van der Waals surface area (Å²) in [6.45, 7) is 3.66. The number of halogens is 1. The highest BCUT2D eigenvalue weighted by Crippen LogP contribution is 2.31. The fraction of sp³-hybridized carbons (Fsp3) is 0.364. The molecule has 140 valence electrons. The number of amides is 1. The number of aromatic nitrogens is 2. The Labute approximate surface area is 158 Å². The molecule has 1 atom stereocenters. The highest BCUT2D eigenvalue weighted by molar-refractivity contribution is 5.78. The van der Waals surface area contributed by atoms with Crippen molar-refractivity contribution < 1.29 is 9.18 Å². The maximum atomic E-state index is 13.9. The standard InChI is InChI=1S/C22H24FN3O/c1-16-7-6-12-26-20(15-24-22(16)26)19(17-8-5-9-18(23)13-17)14-21(27)25-10-3-2-4-11-25/h5-9,12-13,15,19H,2-4,10-11,14H2,1H3. The summed E-state index contributed by atoms with van der Waals surface area (Å²) in [6.07, 6.45) is 7.41. The minimum atomic E-state index is -0.284. The molecule has 0 aliphatic carbocycles. The average Bonchev–Trinajstić information content (AvgIpc) is 3.12. The van der Waals surface area contributed by atoms with E-state index in [1.54, 1.807) is 6.07 Å². The van der Waals surface area contributed by atoms with Gasteiger partial charge in [0.1, 0.15) is 11.5 Å². The van der Waals surface area contributed by atoms with Gasteiger partial charge in [0.25, 0.3) is 0 Å². The molecule has 0 radical (unpaired) electrons. The Bertz CT molecular complexity index is 959. The summed E-state index contributed by atoms with van der Waals surface area (Å²) in [5.74, 6) is -0.383. The van der Waals surface area contributed by atoms with Crippen LogP contribution in [-0.2, 0) is 4.79 Å². The lowest BCUT2D eigenvalue weighted by molar-refractivity contribution is -0.132. The Hall–Kier alpha value is -2.69. The Balaban J connectivity index is 1.73. The van der Waals surface area contributed by atoms with E-state index in [4.69, 9.17) is 0 Å². The van der Waals surface area contributed by atoms with Crippen molar-refractivity contribution >= 4 is 11.6 Å². The van der Waals surface area contributed by atoms with E-state index in [9.17, 15) is 9.18 Å². The number of carbonyl (C=O) groups excluding carboxylic acids is 1. The van der Waals surface area contributed by atoms with Gasteiger partial charge < -0.3 is 9.30 Å². The summed E-state index contributed by atoms with van der Waals surface area (Å²) >= 11 is 0. The number of aryl methyl sites for hydroxylation is 1. The first kappa shape index (κ1) is 17.7. The molecule has 0 bridgehead atoms. The van der Waals surface area contributed by atoms with Crippen LogP contribution in [0.4, 0.5) is 4.39 Å². The monoisotopic (exact) mass is 365 g/mol. The fourth-order valence-electron chi connectivity index (χ4n) is 3.99. The highest BCUT2D eigenvalue weighted by atomic mass is 19.1. The van der Waals surface area contributed by atoms with E-state index in [1.807, 2.05) is 46.8 Å². The molecule has 27 heavy (non-hydrogen) atoms. The third kappa shape index (κ3) is 3.59. The SMILES string of the molecule is Cc1cccn2c(C(CC(=O)N3CCCCC3)c3cccc(F)c3)cnc12. The molecule has 1 saturated heterocycles. The van der Waals surface area contributed by atoms with Crippen LogP contribution >= 0.6 is 0 Å². The maximum Gasteiger partial charge on any atom is 0.223 e. The second-order valence-corrected chi connectivity index (χ2v) is 7.32. The van der Waals surface area contributed by atoms with E-state index in [2.05, 4.69) is 4.98 Å². The van der Waals surface area contributed by atoms with Crippen molar-refractivity contribution in [1.82, 2.24) is 14.3 Å². The number of imidazole rings is 1. The number of hydrogen-bond acceptors (Lipinski definition) is 2. The molecule has 4 nitrogen and oxygen atoms in total. The predicted molar refractivity (Wildman–Crippen MR) is 103 cm³/mol. The third-order valence-electron chi connectivity index (χ3n) is 5.46. The molecule has 1 fully saturated rings. The van der Waals surface area contributed by atoms with Gasteiger partial charge in [0.05, 0.1) is 5.69 Å². The summed E-state index contributed by atoms with van der Waals surface area (Å²) in [5.41, 5.74) is 3.68. The summed E-state index contributed by atoms with van der Waals surface area (Å²) in [6, 6.07) is 10.6. The van der Waals surface area contributed by atoms with Gasteiger partial charge in [-0.3, -0.25) is 4.79 Å². The van der Waals surface area contributed by atoms with Crippen molar-refractivity contribution in [2.24, 2.45) is 0 Å². The molecule has 0 saturated carbocycles. The minimum Gasteiger partial charge on any atom is -0.343 e. The Morgan fingerprint density at radius 2 is 2.00 bits per heavy atom. The number of piperidine rings is 1. The van der Waals surface area contributed by atoms with E-state index in [0.29, 0.717) is 6.42 Å². The van der Waals surface area contributed by atoms with Crippen molar-refractivity contribution in [1.29, 1.82) is 0 Å². The van der Waals surface area contributed by atoms with Gasteiger partial charge in [0.15, 0.2) is 0 Å². The van der Waals surface area contributed by atoms with Gasteiger partial charge in [-0.2, -0.15) is 0 Å². The normalized spacial score (nSPS) is 15.9. The maximum absolute atomic E-state index is 13.9. The molecule has 1 unspecified atom stereocenters. The number of nitrogens with zero attached hydrogens (tertiary/aromatic N) is 3. The number of pyridine rings is 1. The number of fused-ring (bicyclic) bond motifs is 1. The molecular formula is C22H24FN3O. The van der Waals surface area contributed by atoms with Crippen LogP contribution < -0.4 is 0 Å². The van der Waals surface area contributed by atoms with E-state index in [-0.39, 0.29) is 17.6 Å². The van der Waals surface area contributed by atoms with Gasteiger partial charge in [0.2, 0.25) is 5.91 Å². The predicted octanol–water partition coefficient (Wildman–Crippen LogP) is 4.32. The van der Waals surface area contributed by atoms with Crippen LogP contribution in [0.1, 0.15) is 48.4 Å². The molecule has 2 aromatic heterocycles. The molecule has 1 aliphatic rings. The smallest absolute Gasteiger partial charge is 0.223 e. The minimum absolute atomic E-state index is 0.131. The van der Waals surface area contributed by atoms with E-state index >= 15 is 0 Å². The Kier molecular flexibility index (Phi) is 4.92. The molecule has 1 amide bonds. The molecule has 1 aliphatic heterocycles. The van der Waals surface area contributed by atoms with Crippen LogP contribution in [0.25, 0.3) is 5.65 Å². The summed E-state index contributed by atoms with van der Waals surface area (Å²) in [5, 5.41) is 0. The zero-order chi connectivity index (χ0) is 18.8. The molecule has 3 aromatic rings. The topological polar surface area (TPSA) is 37.6 Å². The van der Waals surface area contributed by atoms with Crippen molar-refractivity contribution in [3.8, 4) is 0 Å². The van der Waals surface area contributed by atoms with Crippen LogP contribution in [0.5, 0.6) is 0 Å².